The van der Waals surface area contributed by atoms with E-state index in [2.05, 4.69) is 39.1 Å². The molecular weight excluding hydrogens is 242 g/mol. The van der Waals surface area contributed by atoms with Gasteiger partial charge < -0.3 is 4.74 Å². The van der Waals surface area contributed by atoms with Crippen LogP contribution in [-0.2, 0) is 11.2 Å². The van der Waals surface area contributed by atoms with Gasteiger partial charge in [0.2, 0.25) is 0 Å². The zero-order valence-corrected chi connectivity index (χ0v) is 9.46. The van der Waals surface area contributed by atoms with Crippen LogP contribution < -0.4 is 0 Å². The molecule has 1 aromatic carbocycles. The molecule has 0 aliphatic carbocycles. The third-order valence-electron chi connectivity index (χ3n) is 2.16. The number of hydrogen-bond acceptors (Lipinski definition) is 2. The van der Waals surface area contributed by atoms with Crippen molar-refractivity contribution in [2.45, 2.75) is 12.8 Å². The Bertz CT molecular complexity index is 349. The van der Waals surface area contributed by atoms with Crippen LogP contribution in [0.1, 0.15) is 12.0 Å². The molecule has 2 nitrogen and oxygen atoms in total. The van der Waals surface area contributed by atoms with Crippen molar-refractivity contribution in [1.82, 2.24) is 0 Å². The van der Waals surface area contributed by atoms with Crippen LogP contribution in [0, 0.1) is 0 Å². The van der Waals surface area contributed by atoms with E-state index in [1.165, 1.54) is 5.56 Å². The molecule has 2 rings (SSSR count). The SMILES string of the molecule is Brc1cccc(CCC2=NCCO2)c1. The first kappa shape index (κ1) is 9.71. The number of benzene rings is 1. The molecule has 0 fully saturated rings. The zero-order valence-electron chi connectivity index (χ0n) is 7.87. The number of nitrogens with zero attached hydrogens (tertiary/aromatic N) is 1. The molecule has 0 saturated heterocycles. The van der Waals surface area contributed by atoms with Crippen LogP contribution in [0.3, 0.4) is 0 Å². The molecule has 0 aromatic heterocycles. The summed E-state index contributed by atoms with van der Waals surface area (Å²) in [6, 6.07) is 8.35. The third kappa shape index (κ3) is 2.58. The Morgan fingerprint density at radius 1 is 1.36 bits per heavy atom. The summed E-state index contributed by atoms with van der Waals surface area (Å²) in [5.74, 6) is 0.907. The summed E-state index contributed by atoms with van der Waals surface area (Å²) in [5.41, 5.74) is 1.32. The number of halogens is 1. The van der Waals surface area contributed by atoms with Gasteiger partial charge in [-0.25, -0.2) is 0 Å². The lowest BCUT2D eigenvalue weighted by Gasteiger charge is -2.02. The van der Waals surface area contributed by atoms with Crippen molar-refractivity contribution in [2.24, 2.45) is 4.99 Å². The molecule has 74 valence electrons. The Hall–Kier alpha value is -0.830. The van der Waals surface area contributed by atoms with Crippen molar-refractivity contribution in [1.29, 1.82) is 0 Å². The molecule has 0 N–H and O–H groups in total. The van der Waals surface area contributed by atoms with Gasteiger partial charge in [0.25, 0.3) is 0 Å². The van der Waals surface area contributed by atoms with E-state index in [0.717, 1.165) is 36.4 Å². The number of aliphatic imine (C=N–C) groups is 1. The lowest BCUT2D eigenvalue weighted by Crippen LogP contribution is -2.00. The molecule has 1 aliphatic rings. The maximum Gasteiger partial charge on any atom is 0.183 e. The van der Waals surface area contributed by atoms with Crippen LogP contribution in [-0.4, -0.2) is 19.0 Å². The van der Waals surface area contributed by atoms with E-state index in [1.54, 1.807) is 0 Å². The Morgan fingerprint density at radius 2 is 2.29 bits per heavy atom. The molecule has 1 heterocycles. The van der Waals surface area contributed by atoms with Gasteiger partial charge in [0.05, 0.1) is 6.54 Å². The molecule has 1 aliphatic heterocycles. The van der Waals surface area contributed by atoms with Gasteiger partial charge in [-0.05, 0) is 24.1 Å². The normalized spacial score (nSPS) is 15.1. The van der Waals surface area contributed by atoms with Crippen molar-refractivity contribution < 1.29 is 4.74 Å². The highest BCUT2D eigenvalue weighted by atomic mass is 79.9. The van der Waals surface area contributed by atoms with Crippen LogP contribution in [0.4, 0.5) is 0 Å². The number of aryl methyl sites for hydroxylation is 1. The van der Waals surface area contributed by atoms with Crippen molar-refractivity contribution in [3.05, 3.63) is 34.3 Å². The molecule has 3 heteroatoms. The van der Waals surface area contributed by atoms with Crippen LogP contribution in [0.2, 0.25) is 0 Å². The second kappa shape index (κ2) is 4.60. The molecule has 0 amide bonds. The first-order valence-electron chi connectivity index (χ1n) is 4.75. The summed E-state index contributed by atoms with van der Waals surface area (Å²) in [5, 5.41) is 0. The molecule has 14 heavy (non-hydrogen) atoms. The largest absolute Gasteiger partial charge is 0.479 e. The lowest BCUT2D eigenvalue weighted by molar-refractivity contribution is 0.338. The maximum absolute atomic E-state index is 5.34. The highest BCUT2D eigenvalue weighted by Gasteiger charge is 2.06. The minimum Gasteiger partial charge on any atom is -0.479 e. The van der Waals surface area contributed by atoms with Crippen LogP contribution in [0.5, 0.6) is 0 Å². The van der Waals surface area contributed by atoms with E-state index < -0.39 is 0 Å². The molecule has 0 saturated carbocycles. The fourth-order valence-electron chi connectivity index (χ4n) is 1.47. The predicted molar refractivity (Wildman–Crippen MR) is 60.7 cm³/mol. The Balaban J connectivity index is 1.91. The summed E-state index contributed by atoms with van der Waals surface area (Å²) >= 11 is 3.45. The van der Waals surface area contributed by atoms with Gasteiger partial charge >= 0.3 is 0 Å². The lowest BCUT2D eigenvalue weighted by atomic mass is 10.1. The molecule has 0 spiro atoms. The average Bonchev–Trinajstić information content (AvgIpc) is 2.67. The molecule has 0 atom stereocenters. The van der Waals surface area contributed by atoms with Gasteiger partial charge in [-0.2, -0.15) is 0 Å². The minimum absolute atomic E-state index is 0.758. The second-order valence-corrected chi connectivity index (χ2v) is 4.17. The maximum atomic E-state index is 5.34. The van der Waals surface area contributed by atoms with Gasteiger partial charge in [0.1, 0.15) is 6.61 Å². The van der Waals surface area contributed by atoms with E-state index in [0.29, 0.717) is 0 Å². The Labute approximate surface area is 92.1 Å². The van der Waals surface area contributed by atoms with E-state index in [-0.39, 0.29) is 0 Å². The van der Waals surface area contributed by atoms with Crippen molar-refractivity contribution in [3.8, 4) is 0 Å². The predicted octanol–water partition coefficient (Wildman–Crippen LogP) is 2.81. The van der Waals surface area contributed by atoms with Gasteiger partial charge in [0.15, 0.2) is 5.90 Å². The van der Waals surface area contributed by atoms with Gasteiger partial charge in [-0.1, -0.05) is 28.1 Å². The van der Waals surface area contributed by atoms with Crippen LogP contribution >= 0.6 is 15.9 Å². The van der Waals surface area contributed by atoms with Gasteiger partial charge in [0, 0.05) is 10.9 Å². The summed E-state index contributed by atoms with van der Waals surface area (Å²) in [6.07, 6.45) is 1.91. The monoisotopic (exact) mass is 253 g/mol. The molecule has 0 bridgehead atoms. The number of hydrogen-bond donors (Lipinski definition) is 0. The first-order chi connectivity index (χ1) is 6.84. The highest BCUT2D eigenvalue weighted by molar-refractivity contribution is 9.10. The highest BCUT2D eigenvalue weighted by Crippen LogP contribution is 2.13. The van der Waals surface area contributed by atoms with Crippen molar-refractivity contribution in [2.75, 3.05) is 13.2 Å². The topological polar surface area (TPSA) is 21.6 Å². The minimum atomic E-state index is 0.758. The van der Waals surface area contributed by atoms with E-state index in [9.17, 15) is 0 Å². The van der Waals surface area contributed by atoms with E-state index in [4.69, 9.17) is 4.74 Å². The first-order valence-corrected chi connectivity index (χ1v) is 5.54. The molecule has 1 aromatic rings. The van der Waals surface area contributed by atoms with Gasteiger partial charge in [-0.15, -0.1) is 0 Å². The Kier molecular flexibility index (Phi) is 3.19. The van der Waals surface area contributed by atoms with Crippen molar-refractivity contribution in [3.63, 3.8) is 0 Å². The molecular formula is C11H12BrNO. The fourth-order valence-corrected chi connectivity index (χ4v) is 1.92. The van der Waals surface area contributed by atoms with Crippen molar-refractivity contribution >= 4 is 21.8 Å². The zero-order chi connectivity index (χ0) is 9.80. The summed E-state index contributed by atoms with van der Waals surface area (Å²) in [6.45, 7) is 1.58. The van der Waals surface area contributed by atoms with E-state index in [1.807, 2.05) is 6.07 Å². The molecule has 0 unspecified atom stereocenters. The number of ether oxygens (including phenoxy) is 1. The second-order valence-electron chi connectivity index (χ2n) is 3.25. The fraction of sp³-hybridized carbons (Fsp3) is 0.364. The number of rotatable bonds is 3. The summed E-state index contributed by atoms with van der Waals surface area (Å²) in [4.78, 5) is 4.26. The summed E-state index contributed by atoms with van der Waals surface area (Å²) in [7, 11) is 0. The average molecular weight is 254 g/mol. The third-order valence-corrected chi connectivity index (χ3v) is 2.66. The van der Waals surface area contributed by atoms with Crippen LogP contribution in [0.25, 0.3) is 0 Å². The molecule has 0 radical (unpaired) electrons. The summed E-state index contributed by atoms with van der Waals surface area (Å²) < 4.78 is 6.47. The Morgan fingerprint density at radius 3 is 3.00 bits per heavy atom. The smallest absolute Gasteiger partial charge is 0.183 e. The standard InChI is InChI=1S/C11H12BrNO/c12-10-3-1-2-9(8-10)4-5-11-13-6-7-14-11/h1-3,8H,4-7H2. The van der Waals surface area contributed by atoms with E-state index >= 15 is 0 Å². The van der Waals surface area contributed by atoms with Crippen LogP contribution in [0.15, 0.2) is 33.7 Å². The van der Waals surface area contributed by atoms with Gasteiger partial charge in [-0.3, -0.25) is 4.99 Å². The quantitative estimate of drug-likeness (QED) is 0.812.